The molecule has 0 unspecified atom stereocenters. The molecule has 1 rings (SSSR count). The Labute approximate surface area is 151 Å². The van der Waals surface area contributed by atoms with Crippen LogP contribution in [0.1, 0.15) is 25.0 Å². The first-order valence-corrected chi connectivity index (χ1v) is 9.12. The molecule has 0 aliphatic carbocycles. The van der Waals surface area contributed by atoms with Crippen molar-refractivity contribution < 1.29 is 34.8 Å². The average molecular weight is 415 g/mol. The van der Waals surface area contributed by atoms with Crippen molar-refractivity contribution in [2.45, 2.75) is 32.2 Å². The minimum Gasteiger partial charge on any atom is -0.368 e. The molecule has 2 N–H and O–H groups in total. The van der Waals surface area contributed by atoms with Crippen LogP contribution in [0.2, 0.25) is 0 Å². The molecule has 1 aromatic rings. The Morgan fingerprint density at radius 3 is 1.78 bits per heavy atom. The minimum atomic E-state index is -5.07. The van der Waals surface area contributed by atoms with E-state index in [1.165, 1.54) is 19.9 Å². The first-order chi connectivity index (χ1) is 12.1. The highest BCUT2D eigenvalue weighted by Crippen LogP contribution is 2.37. The lowest BCUT2D eigenvalue weighted by molar-refractivity contribution is -0.143. The van der Waals surface area contributed by atoms with Crippen LogP contribution in [0.25, 0.3) is 0 Å². The van der Waals surface area contributed by atoms with E-state index in [0.29, 0.717) is 18.4 Å². The van der Waals surface area contributed by atoms with Crippen LogP contribution in [0.3, 0.4) is 0 Å². The van der Waals surface area contributed by atoms with Crippen LogP contribution >= 0.6 is 0 Å². The zero-order valence-electron chi connectivity index (χ0n) is 14.2. The molecule has 0 spiro atoms. The number of sulfone groups is 1. The molecular formula is C15H15F6N3O2S. The molecule has 1 aromatic carbocycles. The molecule has 0 aliphatic heterocycles. The third-order valence-electron chi connectivity index (χ3n) is 2.99. The maximum atomic E-state index is 12.9. The fourth-order valence-electron chi connectivity index (χ4n) is 1.94. The van der Waals surface area contributed by atoms with E-state index >= 15 is 0 Å². The van der Waals surface area contributed by atoms with Crippen LogP contribution < -0.4 is 10.6 Å². The highest BCUT2D eigenvalue weighted by molar-refractivity contribution is 7.94. The number of halogens is 6. The van der Waals surface area contributed by atoms with Crippen LogP contribution in [-0.2, 0) is 22.2 Å². The van der Waals surface area contributed by atoms with E-state index < -0.39 is 55.8 Å². The van der Waals surface area contributed by atoms with Crippen molar-refractivity contribution in [1.29, 1.82) is 5.26 Å². The van der Waals surface area contributed by atoms with Crippen LogP contribution in [0, 0.1) is 11.3 Å². The van der Waals surface area contributed by atoms with Crippen molar-refractivity contribution in [3.63, 3.8) is 0 Å². The molecule has 0 amide bonds. The van der Waals surface area contributed by atoms with Gasteiger partial charge in [0.05, 0.1) is 11.1 Å². The van der Waals surface area contributed by atoms with Crippen molar-refractivity contribution in [1.82, 2.24) is 5.32 Å². The summed E-state index contributed by atoms with van der Waals surface area (Å²) in [5.74, 6) is -0.526. The lowest BCUT2D eigenvalue weighted by Gasteiger charge is -2.20. The Morgan fingerprint density at radius 1 is 1.04 bits per heavy atom. The summed E-state index contributed by atoms with van der Waals surface area (Å²) in [4.78, 5) is -0.859. The first-order valence-electron chi connectivity index (χ1n) is 7.23. The number of alkyl halides is 6. The summed E-state index contributed by atoms with van der Waals surface area (Å²) < 4.78 is 101. The minimum absolute atomic E-state index is 0.0633. The number of hydrogen-bond donors (Lipinski definition) is 2. The average Bonchev–Trinajstić information content (AvgIpc) is 2.43. The molecule has 0 bridgehead atoms. The molecule has 0 atom stereocenters. The molecule has 0 saturated heterocycles. The Bertz CT molecular complexity index is 848. The third-order valence-corrected chi connectivity index (χ3v) is 4.03. The summed E-state index contributed by atoms with van der Waals surface area (Å²) in [6.07, 6.45) is -9.45. The normalized spacial score (nSPS) is 13.8. The standard InChI is InChI=1S/C15H15F6N3O2S/c1-8(2)23-13(12(7-22)27(3,25)26)24-11-5-9(14(16,17)18)4-10(6-11)15(19,20)21/h4-6,8,23-24H,1-3H3/b13-12-. The Balaban J connectivity index is 3.63. The van der Waals surface area contributed by atoms with Gasteiger partial charge in [0.2, 0.25) is 0 Å². The summed E-state index contributed by atoms with van der Waals surface area (Å²) >= 11 is 0. The van der Waals surface area contributed by atoms with Gasteiger partial charge in [-0.25, -0.2) is 8.42 Å². The van der Waals surface area contributed by atoms with Crippen molar-refractivity contribution in [3.05, 3.63) is 40.1 Å². The number of anilines is 1. The van der Waals surface area contributed by atoms with Crippen molar-refractivity contribution in [2.75, 3.05) is 11.6 Å². The Hall–Kier alpha value is -2.42. The van der Waals surface area contributed by atoms with E-state index in [0.717, 1.165) is 0 Å². The summed E-state index contributed by atoms with van der Waals surface area (Å²) in [5, 5.41) is 13.7. The molecule has 0 radical (unpaired) electrons. The van der Waals surface area contributed by atoms with E-state index in [9.17, 15) is 34.8 Å². The number of nitrogens with zero attached hydrogens (tertiary/aromatic N) is 1. The largest absolute Gasteiger partial charge is 0.416 e. The van der Waals surface area contributed by atoms with Gasteiger partial charge in [-0.3, -0.25) is 0 Å². The smallest absolute Gasteiger partial charge is 0.368 e. The van der Waals surface area contributed by atoms with Gasteiger partial charge in [-0.2, -0.15) is 31.6 Å². The van der Waals surface area contributed by atoms with Gasteiger partial charge in [0.15, 0.2) is 14.7 Å². The van der Waals surface area contributed by atoms with Gasteiger partial charge in [-0.1, -0.05) is 0 Å². The highest BCUT2D eigenvalue weighted by Gasteiger charge is 2.37. The molecule has 150 valence electrons. The summed E-state index contributed by atoms with van der Waals surface area (Å²) in [6, 6.07) is 1.60. The van der Waals surface area contributed by atoms with Gasteiger partial charge in [0, 0.05) is 18.0 Å². The van der Waals surface area contributed by atoms with Crippen LogP contribution in [0.15, 0.2) is 28.9 Å². The van der Waals surface area contributed by atoms with Crippen molar-refractivity contribution in [3.8, 4) is 6.07 Å². The monoisotopic (exact) mass is 415 g/mol. The van der Waals surface area contributed by atoms with E-state index in [-0.39, 0.29) is 6.07 Å². The number of nitriles is 1. The second kappa shape index (κ2) is 7.67. The number of rotatable bonds is 5. The lowest BCUT2D eigenvalue weighted by atomic mass is 10.1. The molecular weight excluding hydrogens is 400 g/mol. The SMILES string of the molecule is CC(C)N/C(Nc1cc(C(F)(F)F)cc(C(F)(F)F)c1)=C(\C#N)S(C)(=O)=O. The molecule has 12 heteroatoms. The fourth-order valence-corrected chi connectivity index (χ4v) is 2.59. The van der Waals surface area contributed by atoms with E-state index in [1.807, 2.05) is 0 Å². The van der Waals surface area contributed by atoms with Gasteiger partial charge in [-0.15, -0.1) is 0 Å². The molecule has 0 aromatic heterocycles. The molecule has 5 nitrogen and oxygen atoms in total. The zero-order valence-corrected chi connectivity index (χ0v) is 15.1. The molecule has 27 heavy (non-hydrogen) atoms. The number of benzene rings is 1. The zero-order chi connectivity index (χ0) is 21.2. The van der Waals surface area contributed by atoms with Crippen molar-refractivity contribution >= 4 is 15.5 Å². The van der Waals surface area contributed by atoms with Gasteiger partial charge >= 0.3 is 12.4 Å². The van der Waals surface area contributed by atoms with Gasteiger partial charge in [-0.05, 0) is 32.0 Å². The molecule has 0 saturated carbocycles. The maximum Gasteiger partial charge on any atom is 0.416 e. The van der Waals surface area contributed by atoms with Crippen LogP contribution in [0.5, 0.6) is 0 Å². The van der Waals surface area contributed by atoms with Crippen LogP contribution in [0.4, 0.5) is 32.0 Å². The fraction of sp³-hybridized carbons (Fsp3) is 0.400. The highest BCUT2D eigenvalue weighted by atomic mass is 32.2. The lowest BCUT2D eigenvalue weighted by Crippen LogP contribution is -2.29. The topological polar surface area (TPSA) is 82.0 Å². The van der Waals surface area contributed by atoms with Gasteiger partial charge < -0.3 is 10.6 Å². The number of allylic oxidation sites excluding steroid dienone is 1. The second-order valence-corrected chi connectivity index (χ2v) is 7.76. The summed E-state index contributed by atoms with van der Waals surface area (Å²) in [7, 11) is -4.11. The Kier molecular flexibility index (Phi) is 6.43. The number of nitrogens with one attached hydrogen (secondary N) is 2. The predicted octanol–water partition coefficient (Wildman–Crippen LogP) is 3.87. The van der Waals surface area contributed by atoms with E-state index in [2.05, 4.69) is 10.6 Å². The number of hydrogen-bond acceptors (Lipinski definition) is 5. The molecule has 0 heterocycles. The molecule has 0 fully saturated rings. The molecule has 0 aliphatic rings. The van der Waals surface area contributed by atoms with Gasteiger partial charge in [0.1, 0.15) is 11.9 Å². The van der Waals surface area contributed by atoms with E-state index in [1.54, 1.807) is 0 Å². The first kappa shape index (κ1) is 22.6. The Morgan fingerprint density at radius 2 is 1.48 bits per heavy atom. The summed E-state index contributed by atoms with van der Waals surface area (Å²) in [5.41, 5.74) is -3.85. The van der Waals surface area contributed by atoms with Crippen LogP contribution in [-0.4, -0.2) is 20.7 Å². The third kappa shape index (κ3) is 6.35. The maximum absolute atomic E-state index is 12.9. The summed E-state index contributed by atoms with van der Waals surface area (Å²) in [6.45, 7) is 3.07. The second-order valence-electron chi connectivity index (χ2n) is 5.81. The predicted molar refractivity (Wildman–Crippen MR) is 85.8 cm³/mol. The van der Waals surface area contributed by atoms with E-state index in [4.69, 9.17) is 5.26 Å². The van der Waals surface area contributed by atoms with Gasteiger partial charge in [0.25, 0.3) is 0 Å². The quantitative estimate of drug-likeness (QED) is 0.564. The van der Waals surface area contributed by atoms with Crippen molar-refractivity contribution in [2.24, 2.45) is 0 Å².